The largest absolute Gasteiger partial charge is 0.416 e. The zero-order valence-corrected chi connectivity index (χ0v) is 14.8. The minimum atomic E-state index is -4.39. The summed E-state index contributed by atoms with van der Waals surface area (Å²) in [6.07, 6.45) is -1.38. The smallest absolute Gasteiger partial charge is 0.367 e. The number of urea groups is 1. The number of alkyl halides is 3. The maximum Gasteiger partial charge on any atom is 0.416 e. The van der Waals surface area contributed by atoms with E-state index in [1.807, 2.05) is 13.0 Å². The quantitative estimate of drug-likeness (QED) is 0.848. The van der Waals surface area contributed by atoms with Crippen molar-refractivity contribution in [3.8, 4) is 0 Å². The van der Waals surface area contributed by atoms with Gasteiger partial charge in [-0.2, -0.15) is 13.2 Å². The van der Waals surface area contributed by atoms with Crippen LogP contribution in [0.3, 0.4) is 0 Å². The highest BCUT2D eigenvalue weighted by Crippen LogP contribution is 2.29. The molecule has 0 atom stereocenters. The third-order valence-corrected chi connectivity index (χ3v) is 4.40. The van der Waals surface area contributed by atoms with Crippen LogP contribution >= 0.6 is 0 Å². The molecular formula is C18H20F3N5O. The number of aryl methyl sites for hydroxylation is 1. The summed E-state index contributed by atoms with van der Waals surface area (Å²) in [5.74, 6) is 0.759. The van der Waals surface area contributed by atoms with Crippen LogP contribution in [0.1, 0.15) is 24.1 Å². The fraction of sp³-hybridized carbons (Fsp3) is 0.389. The maximum absolute atomic E-state index is 12.6. The van der Waals surface area contributed by atoms with Gasteiger partial charge in [0.05, 0.1) is 5.56 Å². The van der Waals surface area contributed by atoms with E-state index in [0.29, 0.717) is 18.8 Å². The van der Waals surface area contributed by atoms with Crippen molar-refractivity contribution in [2.45, 2.75) is 32.0 Å². The molecule has 1 aromatic carbocycles. The van der Waals surface area contributed by atoms with Crippen LogP contribution < -0.4 is 10.6 Å². The van der Waals surface area contributed by atoms with Gasteiger partial charge in [0, 0.05) is 36.6 Å². The second kappa shape index (κ2) is 7.81. The van der Waals surface area contributed by atoms with E-state index in [-0.39, 0.29) is 12.1 Å². The molecule has 2 N–H and O–H groups in total. The van der Waals surface area contributed by atoms with Gasteiger partial charge in [-0.15, -0.1) is 0 Å². The lowest BCUT2D eigenvalue weighted by molar-refractivity contribution is -0.137. The summed E-state index contributed by atoms with van der Waals surface area (Å²) >= 11 is 0. The lowest BCUT2D eigenvalue weighted by Crippen LogP contribution is -2.44. The second-order valence-corrected chi connectivity index (χ2v) is 6.46. The van der Waals surface area contributed by atoms with Crippen LogP contribution in [0.15, 0.2) is 36.7 Å². The van der Waals surface area contributed by atoms with Gasteiger partial charge in [0.2, 0.25) is 0 Å². The molecule has 0 radical (unpaired) electrons. The number of benzene rings is 1. The molecule has 0 aliphatic carbocycles. The first-order valence-corrected chi connectivity index (χ1v) is 8.59. The average Bonchev–Trinajstić information content (AvgIpc) is 2.62. The number of nitrogens with one attached hydrogen (secondary N) is 2. The third kappa shape index (κ3) is 5.08. The molecule has 9 heteroatoms. The number of rotatable bonds is 3. The number of anilines is 2. The number of hydrogen-bond donors (Lipinski definition) is 2. The number of carbonyl (C=O) groups excluding carboxylic acids is 1. The van der Waals surface area contributed by atoms with Crippen LogP contribution in [0.25, 0.3) is 0 Å². The Morgan fingerprint density at radius 2 is 1.81 bits per heavy atom. The van der Waals surface area contributed by atoms with Crippen molar-refractivity contribution in [1.29, 1.82) is 0 Å². The normalized spacial score (nSPS) is 15.5. The van der Waals surface area contributed by atoms with Crippen molar-refractivity contribution in [1.82, 2.24) is 14.9 Å². The zero-order chi connectivity index (χ0) is 19.4. The van der Waals surface area contributed by atoms with Gasteiger partial charge in [-0.1, -0.05) is 0 Å². The van der Waals surface area contributed by atoms with Crippen molar-refractivity contribution in [2.24, 2.45) is 0 Å². The summed E-state index contributed by atoms with van der Waals surface area (Å²) in [5.41, 5.74) is 0.470. The Morgan fingerprint density at radius 1 is 1.15 bits per heavy atom. The predicted octanol–water partition coefficient (Wildman–Crippen LogP) is 3.91. The standard InChI is InChI=1S/C18H20F3N5O/c1-12-10-16(23-11-22-12)24-15-6-8-26(9-7-15)17(27)25-14-4-2-13(3-5-14)18(19,20)21/h2-5,10-11,15H,6-9H2,1H3,(H,25,27)(H,22,23,24). The summed E-state index contributed by atoms with van der Waals surface area (Å²) in [5, 5.41) is 5.98. The Bertz CT molecular complexity index is 786. The minimum Gasteiger partial charge on any atom is -0.367 e. The van der Waals surface area contributed by atoms with Gasteiger partial charge in [-0.05, 0) is 44.0 Å². The molecule has 0 unspecified atom stereocenters. The number of likely N-dealkylation sites (tertiary alicyclic amines) is 1. The van der Waals surface area contributed by atoms with Gasteiger partial charge >= 0.3 is 12.2 Å². The molecule has 2 heterocycles. The van der Waals surface area contributed by atoms with Crippen molar-refractivity contribution < 1.29 is 18.0 Å². The average molecular weight is 379 g/mol. The summed E-state index contributed by atoms with van der Waals surface area (Å²) < 4.78 is 37.7. The fourth-order valence-corrected chi connectivity index (χ4v) is 2.91. The Morgan fingerprint density at radius 3 is 2.41 bits per heavy atom. The third-order valence-electron chi connectivity index (χ3n) is 4.40. The van der Waals surface area contributed by atoms with E-state index in [9.17, 15) is 18.0 Å². The highest BCUT2D eigenvalue weighted by atomic mass is 19.4. The maximum atomic E-state index is 12.6. The number of halogens is 3. The SMILES string of the molecule is Cc1cc(NC2CCN(C(=O)Nc3ccc(C(F)(F)F)cc3)CC2)ncn1. The molecule has 1 fully saturated rings. The summed E-state index contributed by atoms with van der Waals surface area (Å²) in [4.78, 5) is 22.2. The van der Waals surface area contributed by atoms with Gasteiger partial charge in [0.1, 0.15) is 12.1 Å². The molecule has 2 amide bonds. The molecule has 1 aromatic heterocycles. The zero-order valence-electron chi connectivity index (χ0n) is 14.8. The van der Waals surface area contributed by atoms with Crippen LogP contribution in [0, 0.1) is 6.92 Å². The minimum absolute atomic E-state index is 0.203. The molecule has 1 aliphatic rings. The number of amides is 2. The molecule has 144 valence electrons. The molecule has 6 nitrogen and oxygen atoms in total. The van der Waals surface area contributed by atoms with E-state index >= 15 is 0 Å². The van der Waals surface area contributed by atoms with E-state index in [1.165, 1.54) is 18.5 Å². The van der Waals surface area contributed by atoms with Crippen molar-refractivity contribution in [2.75, 3.05) is 23.7 Å². The van der Waals surface area contributed by atoms with Gasteiger partial charge < -0.3 is 15.5 Å². The Labute approximate surface area is 154 Å². The molecule has 1 saturated heterocycles. The number of aromatic nitrogens is 2. The van der Waals surface area contributed by atoms with E-state index in [1.54, 1.807) is 4.90 Å². The van der Waals surface area contributed by atoms with Gasteiger partial charge in [-0.3, -0.25) is 0 Å². The highest BCUT2D eigenvalue weighted by molar-refractivity contribution is 5.89. The van der Waals surface area contributed by atoms with Crippen LogP contribution in [0.5, 0.6) is 0 Å². The first kappa shape index (κ1) is 18.9. The van der Waals surface area contributed by atoms with Gasteiger partial charge in [0.15, 0.2) is 0 Å². The van der Waals surface area contributed by atoms with Crippen LogP contribution in [0.2, 0.25) is 0 Å². The topological polar surface area (TPSA) is 70.2 Å². The Kier molecular flexibility index (Phi) is 5.48. The van der Waals surface area contributed by atoms with E-state index in [2.05, 4.69) is 20.6 Å². The number of nitrogens with zero attached hydrogens (tertiary/aromatic N) is 3. The molecule has 27 heavy (non-hydrogen) atoms. The summed E-state index contributed by atoms with van der Waals surface area (Å²) in [6.45, 7) is 2.99. The lowest BCUT2D eigenvalue weighted by atomic mass is 10.1. The number of hydrogen-bond acceptors (Lipinski definition) is 4. The monoisotopic (exact) mass is 379 g/mol. The highest BCUT2D eigenvalue weighted by Gasteiger charge is 2.30. The van der Waals surface area contributed by atoms with E-state index in [4.69, 9.17) is 0 Å². The van der Waals surface area contributed by atoms with Gasteiger partial charge in [-0.25, -0.2) is 14.8 Å². The first-order valence-electron chi connectivity index (χ1n) is 8.59. The lowest BCUT2D eigenvalue weighted by Gasteiger charge is -2.32. The molecule has 0 spiro atoms. The predicted molar refractivity (Wildman–Crippen MR) is 95.4 cm³/mol. The molecule has 3 rings (SSSR count). The number of carbonyl (C=O) groups is 1. The van der Waals surface area contributed by atoms with E-state index in [0.717, 1.165) is 36.5 Å². The number of piperidine rings is 1. The first-order chi connectivity index (χ1) is 12.8. The molecular weight excluding hydrogens is 359 g/mol. The van der Waals surface area contributed by atoms with Crippen molar-refractivity contribution >= 4 is 17.5 Å². The molecule has 1 aliphatic heterocycles. The van der Waals surface area contributed by atoms with Crippen molar-refractivity contribution in [3.63, 3.8) is 0 Å². The molecule has 2 aromatic rings. The van der Waals surface area contributed by atoms with Gasteiger partial charge in [0.25, 0.3) is 0 Å². The van der Waals surface area contributed by atoms with Crippen LogP contribution in [0.4, 0.5) is 29.5 Å². The molecule has 0 bridgehead atoms. The summed E-state index contributed by atoms with van der Waals surface area (Å²) in [6, 6.07) is 6.17. The van der Waals surface area contributed by atoms with E-state index < -0.39 is 11.7 Å². The Hall–Kier alpha value is -2.84. The molecule has 0 saturated carbocycles. The van der Waals surface area contributed by atoms with Crippen molar-refractivity contribution in [3.05, 3.63) is 47.9 Å². The Balaban J connectivity index is 1.49. The fourth-order valence-electron chi connectivity index (χ4n) is 2.91. The second-order valence-electron chi connectivity index (χ2n) is 6.46. The summed E-state index contributed by atoms with van der Waals surface area (Å²) in [7, 11) is 0. The van der Waals surface area contributed by atoms with Crippen LogP contribution in [-0.4, -0.2) is 40.0 Å². The van der Waals surface area contributed by atoms with Crippen LogP contribution in [-0.2, 0) is 6.18 Å².